The molecule has 1 atom stereocenters. The Morgan fingerprint density at radius 2 is 1.80 bits per heavy atom. The Morgan fingerprint density at radius 3 is 2.25 bits per heavy atom. The molecule has 1 aliphatic rings. The predicted octanol–water partition coefficient (Wildman–Crippen LogP) is -1.90. The first-order chi connectivity index (χ1) is 8.74. The number of benzene rings is 1. The third-order valence-corrected chi connectivity index (χ3v) is 4.23. The molecule has 1 aliphatic carbocycles. The average molecular weight is 346 g/mol. The smallest absolute Gasteiger partial charge is 1.00 e. The van der Waals surface area contributed by atoms with Gasteiger partial charge in [0, 0.05) is 0 Å². The summed E-state index contributed by atoms with van der Waals surface area (Å²) in [4.78, 5) is 0. The number of allylic oxidation sites excluding steroid dienone is 2. The van der Waals surface area contributed by atoms with Crippen molar-refractivity contribution in [2.45, 2.75) is 32.3 Å². The number of ether oxygens (including phenoxy) is 1. The maximum absolute atomic E-state index is 6.21. The summed E-state index contributed by atoms with van der Waals surface area (Å²) in [5, 5.41) is 0. The zero-order chi connectivity index (χ0) is 13.0. The quantitative estimate of drug-likeness (QED) is 0.566. The van der Waals surface area contributed by atoms with Crippen molar-refractivity contribution >= 4 is 0 Å². The molecular formula is C16H19Cl2OTi. The summed E-state index contributed by atoms with van der Waals surface area (Å²) < 4.78 is 7.64. The van der Waals surface area contributed by atoms with Gasteiger partial charge < -0.3 is 24.8 Å². The fraction of sp³-hybridized carbons (Fsp3) is 0.375. The van der Waals surface area contributed by atoms with Crippen molar-refractivity contribution in [1.29, 1.82) is 0 Å². The van der Waals surface area contributed by atoms with Crippen LogP contribution in [0.2, 0.25) is 0 Å². The summed E-state index contributed by atoms with van der Waals surface area (Å²) in [7, 11) is 0. The summed E-state index contributed by atoms with van der Waals surface area (Å²) >= 11 is 2.21. The molecule has 4 heteroatoms. The molecule has 0 amide bonds. The van der Waals surface area contributed by atoms with E-state index in [9.17, 15) is 0 Å². The second-order valence-electron chi connectivity index (χ2n) is 4.48. The van der Waals surface area contributed by atoms with E-state index in [4.69, 9.17) is 4.74 Å². The van der Waals surface area contributed by atoms with Gasteiger partial charge in [-0.3, -0.25) is 0 Å². The van der Waals surface area contributed by atoms with Crippen LogP contribution in [0.4, 0.5) is 0 Å². The molecule has 0 heterocycles. The van der Waals surface area contributed by atoms with Crippen LogP contribution in [0.3, 0.4) is 0 Å². The SMILES string of the molecule is CCOC(CC)(C1=[C]([Ti+2])CC=C1)c1ccccc1.[Cl-].[Cl-]. The van der Waals surface area contributed by atoms with Crippen LogP contribution >= 0.6 is 0 Å². The van der Waals surface area contributed by atoms with Gasteiger partial charge in [-0.15, -0.1) is 0 Å². The van der Waals surface area contributed by atoms with Gasteiger partial charge in [0.05, 0.1) is 0 Å². The third kappa shape index (κ3) is 3.78. The van der Waals surface area contributed by atoms with Gasteiger partial charge in [-0.2, -0.15) is 0 Å². The predicted molar refractivity (Wildman–Crippen MR) is 70.8 cm³/mol. The molecule has 107 valence electrons. The van der Waals surface area contributed by atoms with Crippen molar-refractivity contribution < 1.29 is 50.0 Å². The number of hydrogen-bond donors (Lipinski definition) is 0. The van der Waals surface area contributed by atoms with Gasteiger partial charge in [0.2, 0.25) is 0 Å². The maximum atomic E-state index is 6.21. The standard InChI is InChI=1S/C16H19O.2ClH.Ti/c1-3-16(17-4-2,15-12-8-9-13-15)14-10-6-5-7-11-14;;;/h5-8,10-12H,3-4,9H2,1-2H3;2*1H;/q;;;+2/p-2. The van der Waals surface area contributed by atoms with E-state index in [1.807, 2.05) is 0 Å². The second kappa shape index (κ2) is 9.07. The fourth-order valence-corrected chi connectivity index (χ4v) is 3.28. The van der Waals surface area contributed by atoms with Crippen LogP contribution in [0.5, 0.6) is 0 Å². The van der Waals surface area contributed by atoms with Gasteiger partial charge in [-0.1, -0.05) is 0 Å². The Kier molecular flexibility index (Phi) is 9.05. The van der Waals surface area contributed by atoms with E-state index >= 15 is 0 Å². The minimum absolute atomic E-state index is 0. The molecule has 0 aliphatic heterocycles. The topological polar surface area (TPSA) is 9.23 Å². The van der Waals surface area contributed by atoms with E-state index in [1.165, 1.54) is 15.0 Å². The van der Waals surface area contributed by atoms with Crippen molar-refractivity contribution in [2.24, 2.45) is 0 Å². The van der Waals surface area contributed by atoms with Crippen molar-refractivity contribution in [3.8, 4) is 0 Å². The van der Waals surface area contributed by atoms with Crippen LogP contribution in [-0.2, 0) is 30.8 Å². The first-order valence-electron chi connectivity index (χ1n) is 6.56. The van der Waals surface area contributed by atoms with Crippen LogP contribution < -0.4 is 24.8 Å². The van der Waals surface area contributed by atoms with E-state index in [0.717, 1.165) is 19.4 Å². The van der Waals surface area contributed by atoms with Gasteiger partial charge in [0.15, 0.2) is 0 Å². The molecule has 0 saturated carbocycles. The maximum Gasteiger partial charge on any atom is -1.00 e. The summed E-state index contributed by atoms with van der Waals surface area (Å²) in [6.45, 7) is 5.00. The molecule has 0 radical (unpaired) electrons. The summed E-state index contributed by atoms with van der Waals surface area (Å²) in [5.41, 5.74) is 2.33. The van der Waals surface area contributed by atoms with E-state index < -0.39 is 0 Å². The largest absolute Gasteiger partial charge is 1.00 e. The molecule has 1 aromatic rings. The molecule has 0 N–H and O–H groups in total. The van der Waals surface area contributed by atoms with Gasteiger partial charge in [0.25, 0.3) is 0 Å². The van der Waals surface area contributed by atoms with E-state index in [-0.39, 0.29) is 30.4 Å². The molecule has 1 nitrogen and oxygen atoms in total. The van der Waals surface area contributed by atoms with Gasteiger partial charge in [-0.05, 0) is 0 Å². The van der Waals surface area contributed by atoms with E-state index in [1.54, 1.807) is 0 Å². The first-order valence-corrected chi connectivity index (χ1v) is 7.34. The molecule has 0 aromatic heterocycles. The molecule has 0 spiro atoms. The second-order valence-corrected chi connectivity index (χ2v) is 5.42. The minimum Gasteiger partial charge on any atom is -1.00 e. The summed E-state index contributed by atoms with van der Waals surface area (Å²) in [6.07, 6.45) is 6.48. The molecule has 1 unspecified atom stereocenters. The normalized spacial score (nSPS) is 16.4. The summed E-state index contributed by atoms with van der Waals surface area (Å²) in [6, 6.07) is 10.6. The van der Waals surface area contributed by atoms with Crippen molar-refractivity contribution in [2.75, 3.05) is 6.61 Å². The summed E-state index contributed by atoms with van der Waals surface area (Å²) in [5.74, 6) is 0. The van der Waals surface area contributed by atoms with Crippen molar-refractivity contribution in [1.82, 2.24) is 0 Å². The van der Waals surface area contributed by atoms with E-state index in [0.29, 0.717) is 0 Å². The van der Waals surface area contributed by atoms with Crippen LogP contribution in [0.15, 0.2) is 51.9 Å². The van der Waals surface area contributed by atoms with Crippen LogP contribution in [-0.4, -0.2) is 6.61 Å². The Bertz CT molecular complexity index is 471. The molecule has 1 aromatic carbocycles. The molecule has 0 saturated heterocycles. The zero-order valence-corrected chi connectivity index (χ0v) is 14.9. The Balaban J connectivity index is 0.00000180. The zero-order valence-electron chi connectivity index (χ0n) is 11.8. The average Bonchev–Trinajstić information content (AvgIpc) is 2.84. The van der Waals surface area contributed by atoms with Crippen LogP contribution in [0, 0.1) is 0 Å². The van der Waals surface area contributed by atoms with Crippen molar-refractivity contribution in [3.63, 3.8) is 0 Å². The number of rotatable bonds is 5. The van der Waals surface area contributed by atoms with Gasteiger partial charge in [-0.25, -0.2) is 0 Å². The number of hydrogen-bond acceptors (Lipinski definition) is 1. The molecular weight excluding hydrogens is 327 g/mol. The fourth-order valence-electron chi connectivity index (χ4n) is 2.65. The monoisotopic (exact) mass is 345 g/mol. The number of halogens is 2. The van der Waals surface area contributed by atoms with Gasteiger partial charge >= 0.3 is 122 Å². The minimum atomic E-state index is -0.271. The molecule has 2 rings (SSSR count). The third-order valence-electron chi connectivity index (χ3n) is 3.50. The van der Waals surface area contributed by atoms with E-state index in [2.05, 4.69) is 76.8 Å². The Hall–Kier alpha value is -0.0457. The van der Waals surface area contributed by atoms with Gasteiger partial charge in [0.1, 0.15) is 0 Å². The Morgan fingerprint density at radius 1 is 1.15 bits per heavy atom. The van der Waals surface area contributed by atoms with Crippen LogP contribution in [0.1, 0.15) is 32.3 Å². The van der Waals surface area contributed by atoms with Crippen LogP contribution in [0.25, 0.3) is 0 Å². The van der Waals surface area contributed by atoms with Crippen molar-refractivity contribution in [3.05, 3.63) is 57.5 Å². The first kappa shape index (κ1) is 20.0. The molecule has 0 bridgehead atoms. The molecule has 0 fully saturated rings. The Labute approximate surface area is 146 Å². The molecule has 20 heavy (non-hydrogen) atoms.